The highest BCUT2D eigenvalue weighted by Gasteiger charge is 2.44. The molecule has 3 aromatic rings. The maximum atomic E-state index is 13.6. The lowest BCUT2D eigenvalue weighted by Gasteiger charge is -2.30. The molecule has 2 heterocycles. The van der Waals surface area contributed by atoms with Crippen LogP contribution in [0, 0.1) is 0 Å². The van der Waals surface area contributed by atoms with Gasteiger partial charge in [0.05, 0.1) is 6.61 Å². The van der Waals surface area contributed by atoms with Crippen LogP contribution in [0.25, 0.3) is 10.9 Å². The molecule has 1 saturated heterocycles. The SMILES string of the molecule is CCOC(=O)c1cc2cc(NC(=O)[C@@H]3C(c4ccccc4)CCN3C(=O)OC(C)(C)C)ccc2[nH]1. The fourth-order valence-corrected chi connectivity index (χ4v) is 4.44. The second-order valence-corrected chi connectivity index (χ2v) is 9.62. The Bertz CT molecular complexity index is 1230. The summed E-state index contributed by atoms with van der Waals surface area (Å²) in [6.45, 7) is 7.88. The van der Waals surface area contributed by atoms with E-state index >= 15 is 0 Å². The minimum absolute atomic E-state index is 0.157. The molecule has 1 aromatic heterocycles. The van der Waals surface area contributed by atoms with Gasteiger partial charge in [0.2, 0.25) is 5.91 Å². The minimum Gasteiger partial charge on any atom is -0.461 e. The van der Waals surface area contributed by atoms with E-state index in [9.17, 15) is 14.4 Å². The Morgan fingerprint density at radius 3 is 2.51 bits per heavy atom. The Morgan fingerprint density at radius 1 is 1.09 bits per heavy atom. The smallest absolute Gasteiger partial charge is 0.410 e. The number of anilines is 1. The van der Waals surface area contributed by atoms with E-state index in [1.807, 2.05) is 30.3 Å². The van der Waals surface area contributed by atoms with Crippen molar-refractivity contribution >= 4 is 34.6 Å². The van der Waals surface area contributed by atoms with E-state index in [0.717, 1.165) is 16.5 Å². The van der Waals surface area contributed by atoms with Crippen LogP contribution in [0.15, 0.2) is 54.6 Å². The number of carbonyl (C=O) groups excluding carboxylic acids is 3. The molecule has 0 spiro atoms. The standard InChI is InChI=1S/C27H31N3O5/c1-5-34-25(32)22-16-18-15-19(11-12-21(18)29-22)28-24(31)23-20(17-9-7-6-8-10-17)13-14-30(23)26(33)35-27(2,3)4/h6-12,15-16,20,23,29H,5,13-14H2,1-4H3,(H,28,31)/t20?,23-/m0/s1. The van der Waals surface area contributed by atoms with Crippen LogP contribution < -0.4 is 5.32 Å². The number of fused-ring (bicyclic) bond motifs is 1. The highest BCUT2D eigenvalue weighted by molar-refractivity contribution is 6.00. The van der Waals surface area contributed by atoms with Crippen LogP contribution in [-0.2, 0) is 14.3 Å². The summed E-state index contributed by atoms with van der Waals surface area (Å²) in [6.07, 6.45) is 0.150. The first-order valence-corrected chi connectivity index (χ1v) is 11.8. The Kier molecular flexibility index (Phi) is 6.82. The zero-order valence-corrected chi connectivity index (χ0v) is 20.5. The number of rotatable bonds is 5. The molecule has 1 fully saturated rings. The minimum atomic E-state index is -0.718. The van der Waals surface area contributed by atoms with Crippen LogP contribution in [0.4, 0.5) is 10.5 Å². The topological polar surface area (TPSA) is 101 Å². The molecule has 0 bridgehead atoms. The Labute approximate surface area is 204 Å². The molecule has 1 aliphatic rings. The molecule has 2 aromatic carbocycles. The molecule has 0 aliphatic carbocycles. The van der Waals surface area contributed by atoms with Gasteiger partial charge in [-0.15, -0.1) is 0 Å². The largest absolute Gasteiger partial charge is 0.461 e. The summed E-state index contributed by atoms with van der Waals surface area (Å²) >= 11 is 0. The maximum Gasteiger partial charge on any atom is 0.410 e. The summed E-state index contributed by atoms with van der Waals surface area (Å²) in [6, 6.07) is 16.1. The van der Waals surface area contributed by atoms with E-state index in [1.54, 1.807) is 52.0 Å². The Morgan fingerprint density at radius 2 is 1.83 bits per heavy atom. The molecule has 4 rings (SSSR count). The molecule has 1 unspecified atom stereocenters. The quantitative estimate of drug-likeness (QED) is 0.499. The molecule has 8 heteroatoms. The van der Waals surface area contributed by atoms with Crippen molar-refractivity contribution < 1.29 is 23.9 Å². The summed E-state index contributed by atoms with van der Waals surface area (Å²) in [5.74, 6) is -0.878. The van der Waals surface area contributed by atoms with E-state index in [0.29, 0.717) is 24.3 Å². The van der Waals surface area contributed by atoms with Crippen molar-refractivity contribution in [3.05, 3.63) is 65.9 Å². The number of benzene rings is 2. The molecule has 35 heavy (non-hydrogen) atoms. The summed E-state index contributed by atoms with van der Waals surface area (Å²) < 4.78 is 10.7. The van der Waals surface area contributed by atoms with Crippen LogP contribution in [0.5, 0.6) is 0 Å². The predicted octanol–water partition coefficient (Wildman–Crippen LogP) is 5.08. The number of nitrogens with one attached hydrogen (secondary N) is 2. The lowest BCUT2D eigenvalue weighted by Crippen LogP contribution is -2.47. The Hall–Kier alpha value is -3.81. The fraction of sp³-hybridized carbons (Fsp3) is 0.370. The van der Waals surface area contributed by atoms with Crippen molar-refractivity contribution in [2.75, 3.05) is 18.5 Å². The van der Waals surface area contributed by atoms with Gasteiger partial charge in [-0.25, -0.2) is 9.59 Å². The van der Waals surface area contributed by atoms with Gasteiger partial charge in [-0.1, -0.05) is 30.3 Å². The van der Waals surface area contributed by atoms with Crippen LogP contribution >= 0.6 is 0 Å². The second kappa shape index (κ2) is 9.82. The van der Waals surface area contributed by atoms with Gasteiger partial charge >= 0.3 is 12.1 Å². The maximum absolute atomic E-state index is 13.6. The van der Waals surface area contributed by atoms with Crippen LogP contribution in [0.1, 0.15) is 56.1 Å². The van der Waals surface area contributed by atoms with Gasteiger partial charge in [-0.2, -0.15) is 0 Å². The molecule has 2 amide bonds. The summed E-state index contributed by atoms with van der Waals surface area (Å²) in [4.78, 5) is 43.1. The zero-order valence-electron chi connectivity index (χ0n) is 20.5. The third kappa shape index (κ3) is 5.48. The monoisotopic (exact) mass is 477 g/mol. The first-order chi connectivity index (χ1) is 16.7. The third-order valence-corrected chi connectivity index (χ3v) is 5.91. The molecular weight excluding hydrogens is 446 g/mol. The van der Waals surface area contributed by atoms with Crippen LogP contribution in [0.3, 0.4) is 0 Å². The number of likely N-dealkylation sites (tertiary alicyclic amines) is 1. The molecule has 2 atom stereocenters. The molecule has 0 saturated carbocycles. The number of aromatic nitrogens is 1. The second-order valence-electron chi connectivity index (χ2n) is 9.62. The first kappa shape index (κ1) is 24.3. The number of H-pyrrole nitrogens is 1. The number of hydrogen-bond donors (Lipinski definition) is 2. The van der Waals surface area contributed by atoms with Gasteiger partial charge in [0, 0.05) is 29.1 Å². The first-order valence-electron chi connectivity index (χ1n) is 11.8. The molecule has 184 valence electrons. The lowest BCUT2D eigenvalue weighted by atomic mass is 9.91. The summed E-state index contributed by atoms with van der Waals surface area (Å²) in [5, 5.41) is 3.73. The average Bonchev–Trinajstić information content (AvgIpc) is 3.43. The summed E-state index contributed by atoms with van der Waals surface area (Å²) in [7, 11) is 0. The van der Waals surface area contributed by atoms with Gasteiger partial charge in [0.25, 0.3) is 0 Å². The lowest BCUT2D eigenvalue weighted by molar-refractivity contribution is -0.120. The molecular formula is C27H31N3O5. The highest BCUT2D eigenvalue weighted by atomic mass is 16.6. The number of carbonyl (C=O) groups is 3. The number of aromatic amines is 1. The Balaban J connectivity index is 1.59. The number of esters is 1. The number of nitrogens with zero attached hydrogens (tertiary/aromatic N) is 1. The van der Waals surface area contributed by atoms with E-state index < -0.39 is 23.7 Å². The van der Waals surface area contributed by atoms with E-state index in [4.69, 9.17) is 9.47 Å². The van der Waals surface area contributed by atoms with Crippen molar-refractivity contribution in [1.82, 2.24) is 9.88 Å². The van der Waals surface area contributed by atoms with Crippen molar-refractivity contribution in [2.24, 2.45) is 0 Å². The normalized spacial score (nSPS) is 17.9. The molecule has 8 nitrogen and oxygen atoms in total. The van der Waals surface area contributed by atoms with E-state index in [1.165, 1.54) is 4.90 Å². The van der Waals surface area contributed by atoms with Crippen LogP contribution in [-0.4, -0.2) is 52.6 Å². The molecule has 1 aliphatic heterocycles. The summed E-state index contributed by atoms with van der Waals surface area (Å²) in [5.41, 5.74) is 2.00. The third-order valence-electron chi connectivity index (χ3n) is 5.91. The zero-order chi connectivity index (χ0) is 25.2. The van der Waals surface area contributed by atoms with Crippen molar-refractivity contribution in [3.63, 3.8) is 0 Å². The van der Waals surface area contributed by atoms with Crippen molar-refractivity contribution in [3.8, 4) is 0 Å². The van der Waals surface area contributed by atoms with Gasteiger partial charge in [-0.3, -0.25) is 9.69 Å². The van der Waals surface area contributed by atoms with E-state index in [-0.39, 0.29) is 18.4 Å². The predicted molar refractivity (Wildman–Crippen MR) is 133 cm³/mol. The fourth-order valence-electron chi connectivity index (χ4n) is 4.44. The van der Waals surface area contributed by atoms with Crippen LogP contribution in [0.2, 0.25) is 0 Å². The van der Waals surface area contributed by atoms with Gasteiger partial charge in [0.1, 0.15) is 17.3 Å². The van der Waals surface area contributed by atoms with Gasteiger partial charge in [0.15, 0.2) is 0 Å². The number of ether oxygens (including phenoxy) is 2. The number of hydrogen-bond acceptors (Lipinski definition) is 5. The molecule has 2 N–H and O–H groups in total. The average molecular weight is 478 g/mol. The van der Waals surface area contributed by atoms with Gasteiger partial charge < -0.3 is 19.8 Å². The number of amides is 2. The molecule has 0 radical (unpaired) electrons. The van der Waals surface area contributed by atoms with Crippen molar-refractivity contribution in [1.29, 1.82) is 0 Å². The van der Waals surface area contributed by atoms with Gasteiger partial charge in [-0.05, 0) is 63.9 Å². The van der Waals surface area contributed by atoms with Crippen molar-refractivity contribution in [2.45, 2.75) is 51.7 Å². The van der Waals surface area contributed by atoms with E-state index in [2.05, 4.69) is 10.3 Å². The highest BCUT2D eigenvalue weighted by Crippen LogP contribution is 2.35.